The van der Waals surface area contributed by atoms with Crippen LogP contribution in [0.25, 0.3) is 0 Å². The van der Waals surface area contributed by atoms with E-state index in [1.807, 2.05) is 18.2 Å². The molecule has 0 unspecified atom stereocenters. The SMILES string of the molecule is N#Cc1ccc(NCCc2ccccc2C(=O)O)cn1. The third-order valence-electron chi connectivity index (χ3n) is 2.85. The molecule has 1 aromatic carbocycles. The molecule has 0 amide bonds. The summed E-state index contributed by atoms with van der Waals surface area (Å²) in [4.78, 5) is 15.0. The maximum Gasteiger partial charge on any atom is 0.335 e. The Balaban J connectivity index is 1.96. The van der Waals surface area contributed by atoms with Crippen LogP contribution in [0.2, 0.25) is 0 Å². The highest BCUT2D eigenvalue weighted by molar-refractivity contribution is 5.89. The molecule has 2 aromatic rings. The fourth-order valence-electron chi connectivity index (χ4n) is 1.85. The van der Waals surface area contributed by atoms with Crippen molar-refractivity contribution >= 4 is 11.7 Å². The van der Waals surface area contributed by atoms with E-state index < -0.39 is 5.97 Å². The number of carboxylic acid groups (broad SMARTS) is 1. The van der Waals surface area contributed by atoms with Gasteiger partial charge in [-0.2, -0.15) is 5.26 Å². The van der Waals surface area contributed by atoms with Gasteiger partial charge >= 0.3 is 5.97 Å². The summed E-state index contributed by atoms with van der Waals surface area (Å²) < 4.78 is 0. The number of carboxylic acids is 1. The summed E-state index contributed by atoms with van der Waals surface area (Å²) in [5, 5.41) is 20.9. The molecule has 1 aromatic heterocycles. The predicted molar refractivity (Wildman–Crippen MR) is 74.5 cm³/mol. The number of nitrogens with zero attached hydrogens (tertiary/aromatic N) is 2. The normalized spacial score (nSPS) is 9.75. The summed E-state index contributed by atoms with van der Waals surface area (Å²) in [7, 11) is 0. The molecule has 0 radical (unpaired) electrons. The molecule has 0 saturated heterocycles. The number of rotatable bonds is 5. The van der Waals surface area contributed by atoms with Crippen LogP contribution in [0.3, 0.4) is 0 Å². The van der Waals surface area contributed by atoms with E-state index in [-0.39, 0.29) is 0 Å². The molecule has 0 atom stereocenters. The molecule has 1 heterocycles. The monoisotopic (exact) mass is 267 g/mol. The van der Waals surface area contributed by atoms with Gasteiger partial charge in [-0.3, -0.25) is 0 Å². The molecule has 100 valence electrons. The van der Waals surface area contributed by atoms with Crippen molar-refractivity contribution in [2.24, 2.45) is 0 Å². The van der Waals surface area contributed by atoms with Crippen LogP contribution in [0.4, 0.5) is 5.69 Å². The Labute approximate surface area is 116 Å². The van der Waals surface area contributed by atoms with Crippen molar-refractivity contribution in [2.45, 2.75) is 6.42 Å². The van der Waals surface area contributed by atoms with Gasteiger partial charge in [0.15, 0.2) is 0 Å². The Morgan fingerprint density at radius 1 is 1.30 bits per heavy atom. The molecule has 0 bridgehead atoms. The van der Waals surface area contributed by atoms with Gasteiger partial charge < -0.3 is 10.4 Å². The topological polar surface area (TPSA) is 86.0 Å². The first kappa shape index (κ1) is 13.6. The summed E-state index contributed by atoms with van der Waals surface area (Å²) in [6.45, 7) is 0.595. The number of anilines is 1. The van der Waals surface area contributed by atoms with Crippen LogP contribution in [0, 0.1) is 11.3 Å². The molecule has 0 aliphatic carbocycles. The molecular weight excluding hydrogens is 254 g/mol. The summed E-state index contributed by atoms with van der Waals surface area (Å²) in [5.74, 6) is -0.916. The third-order valence-corrected chi connectivity index (χ3v) is 2.85. The minimum atomic E-state index is -0.916. The first-order chi connectivity index (χ1) is 9.70. The number of hydrogen-bond acceptors (Lipinski definition) is 4. The molecule has 0 aliphatic rings. The van der Waals surface area contributed by atoms with Crippen molar-refractivity contribution in [1.29, 1.82) is 5.26 Å². The third kappa shape index (κ3) is 3.33. The second-order valence-electron chi connectivity index (χ2n) is 4.18. The van der Waals surface area contributed by atoms with Crippen molar-refractivity contribution in [1.82, 2.24) is 4.98 Å². The van der Waals surface area contributed by atoms with E-state index in [4.69, 9.17) is 10.4 Å². The first-order valence-corrected chi connectivity index (χ1v) is 6.12. The number of hydrogen-bond donors (Lipinski definition) is 2. The minimum absolute atomic E-state index is 0.326. The highest BCUT2D eigenvalue weighted by atomic mass is 16.4. The lowest BCUT2D eigenvalue weighted by molar-refractivity contribution is 0.0695. The standard InChI is InChI=1S/C15H13N3O2/c16-9-12-5-6-13(10-18-12)17-8-7-11-3-1-2-4-14(11)15(19)20/h1-6,10,17H,7-8H2,(H,19,20). The van der Waals surface area contributed by atoms with Crippen molar-refractivity contribution in [2.75, 3.05) is 11.9 Å². The molecule has 20 heavy (non-hydrogen) atoms. The molecule has 5 nitrogen and oxygen atoms in total. The lowest BCUT2D eigenvalue weighted by atomic mass is 10.0. The van der Waals surface area contributed by atoms with E-state index in [0.717, 1.165) is 11.3 Å². The summed E-state index contributed by atoms with van der Waals surface area (Å²) in [6, 6.07) is 12.3. The Morgan fingerprint density at radius 3 is 2.75 bits per heavy atom. The zero-order valence-electron chi connectivity index (χ0n) is 10.7. The van der Waals surface area contributed by atoms with Crippen molar-refractivity contribution in [3.8, 4) is 6.07 Å². The number of nitrogens with one attached hydrogen (secondary N) is 1. The maximum atomic E-state index is 11.1. The summed E-state index contributed by atoms with van der Waals surface area (Å²) in [5.41, 5.74) is 2.28. The van der Waals surface area contributed by atoms with Crippen LogP contribution in [0.5, 0.6) is 0 Å². The smallest absolute Gasteiger partial charge is 0.335 e. The first-order valence-electron chi connectivity index (χ1n) is 6.12. The Morgan fingerprint density at radius 2 is 2.10 bits per heavy atom. The highest BCUT2D eigenvalue weighted by Crippen LogP contribution is 2.11. The van der Waals surface area contributed by atoms with Crippen molar-refractivity contribution < 1.29 is 9.90 Å². The van der Waals surface area contributed by atoms with E-state index in [1.54, 1.807) is 30.5 Å². The van der Waals surface area contributed by atoms with Crippen LogP contribution in [-0.4, -0.2) is 22.6 Å². The van der Waals surface area contributed by atoms with Gasteiger partial charge in [0.1, 0.15) is 11.8 Å². The lowest BCUT2D eigenvalue weighted by Gasteiger charge is -2.08. The quantitative estimate of drug-likeness (QED) is 0.868. The zero-order valence-corrected chi connectivity index (χ0v) is 10.7. The van der Waals surface area contributed by atoms with Crippen LogP contribution in [0.15, 0.2) is 42.6 Å². The minimum Gasteiger partial charge on any atom is -0.478 e. The predicted octanol–water partition coefficient (Wildman–Crippen LogP) is 2.31. The van der Waals surface area contributed by atoms with Gasteiger partial charge in [0.25, 0.3) is 0 Å². The van der Waals surface area contributed by atoms with Gasteiger partial charge in [-0.15, -0.1) is 0 Å². The molecule has 0 aliphatic heterocycles. The lowest BCUT2D eigenvalue weighted by Crippen LogP contribution is -2.09. The van der Waals surface area contributed by atoms with E-state index in [2.05, 4.69) is 10.3 Å². The average Bonchev–Trinajstić information content (AvgIpc) is 2.48. The molecule has 2 rings (SSSR count). The maximum absolute atomic E-state index is 11.1. The van der Waals surface area contributed by atoms with Crippen molar-refractivity contribution in [3.05, 3.63) is 59.4 Å². The van der Waals surface area contributed by atoms with E-state index >= 15 is 0 Å². The fourth-order valence-corrected chi connectivity index (χ4v) is 1.85. The number of nitriles is 1. The van der Waals surface area contributed by atoms with E-state index in [1.165, 1.54) is 0 Å². The second-order valence-corrected chi connectivity index (χ2v) is 4.18. The van der Waals surface area contributed by atoms with Gasteiger partial charge in [0.05, 0.1) is 17.4 Å². The van der Waals surface area contributed by atoms with Crippen LogP contribution in [0.1, 0.15) is 21.6 Å². The molecule has 0 spiro atoms. The zero-order chi connectivity index (χ0) is 14.4. The van der Waals surface area contributed by atoms with Gasteiger partial charge in [-0.1, -0.05) is 18.2 Å². The second kappa shape index (κ2) is 6.34. The molecule has 0 saturated carbocycles. The highest BCUT2D eigenvalue weighted by Gasteiger charge is 2.08. The number of aromatic carboxylic acids is 1. The van der Waals surface area contributed by atoms with Gasteiger partial charge in [-0.25, -0.2) is 9.78 Å². The Kier molecular flexibility index (Phi) is 4.30. The number of benzene rings is 1. The van der Waals surface area contributed by atoms with E-state index in [9.17, 15) is 4.79 Å². The van der Waals surface area contributed by atoms with Crippen LogP contribution < -0.4 is 5.32 Å². The number of aromatic nitrogens is 1. The molecular formula is C15H13N3O2. The molecule has 0 fully saturated rings. The molecule has 5 heteroatoms. The molecule has 2 N–H and O–H groups in total. The average molecular weight is 267 g/mol. The van der Waals surface area contributed by atoms with Crippen LogP contribution >= 0.6 is 0 Å². The van der Waals surface area contributed by atoms with Gasteiger partial charge in [0, 0.05) is 6.54 Å². The van der Waals surface area contributed by atoms with Crippen LogP contribution in [-0.2, 0) is 6.42 Å². The van der Waals surface area contributed by atoms with Gasteiger partial charge in [0.2, 0.25) is 0 Å². The number of carbonyl (C=O) groups is 1. The summed E-state index contributed by atoms with van der Waals surface area (Å²) >= 11 is 0. The Bertz CT molecular complexity index is 645. The largest absolute Gasteiger partial charge is 0.478 e. The van der Waals surface area contributed by atoms with Gasteiger partial charge in [-0.05, 0) is 30.2 Å². The van der Waals surface area contributed by atoms with E-state index in [0.29, 0.717) is 24.2 Å². The summed E-state index contributed by atoms with van der Waals surface area (Å²) in [6.07, 6.45) is 2.18. The van der Waals surface area contributed by atoms with Crippen molar-refractivity contribution in [3.63, 3.8) is 0 Å². The fraction of sp³-hybridized carbons (Fsp3) is 0.133. The number of pyridine rings is 1. The Hall–Kier alpha value is -2.87.